The second kappa shape index (κ2) is 12.2. The van der Waals surface area contributed by atoms with Crippen LogP contribution in [0.2, 0.25) is 13.3 Å². The summed E-state index contributed by atoms with van der Waals surface area (Å²) in [5.41, 5.74) is 0.897. The van der Waals surface area contributed by atoms with E-state index in [1.54, 1.807) is 12.1 Å². The molecule has 3 nitrogen and oxygen atoms in total. The molecule has 28 heavy (non-hydrogen) atoms. The molecule has 1 rings (SSSR count). The molecule has 0 spiro atoms. The molecule has 160 valence electrons. The van der Waals surface area contributed by atoms with Crippen LogP contribution in [0, 0.1) is 6.92 Å². The molecule has 0 unspecified atom stereocenters. The average molecular weight is 523 g/mol. The Kier molecular flexibility index (Phi) is 11.0. The molecule has 0 atom stereocenters. The maximum absolute atomic E-state index is 14.1. The Hall–Kier alpha value is -0.631. The van der Waals surface area contributed by atoms with Gasteiger partial charge in [-0.1, -0.05) is 0 Å². The summed E-state index contributed by atoms with van der Waals surface area (Å²) >= 11 is -3.71. The van der Waals surface area contributed by atoms with Gasteiger partial charge in [0.15, 0.2) is 0 Å². The first kappa shape index (κ1) is 25.4. The third-order valence-corrected chi connectivity index (χ3v) is 21.6. The van der Waals surface area contributed by atoms with Crippen molar-refractivity contribution in [2.24, 2.45) is 0 Å². The summed E-state index contributed by atoms with van der Waals surface area (Å²) in [6.07, 6.45) is 3.31. The standard InChI is InChI=1S/C9H7F2O3S.3C4H9.Sn/c1-7-2-4-8(5-3-7)15(12,13)14-6-9(10)11;3*1-3-4-2;/h2-5H,1H3;3*1,3-4H2,2H3;. The minimum atomic E-state index is -4.26. The first-order valence-corrected chi connectivity index (χ1v) is 19.2. The Labute approximate surface area is 173 Å². The van der Waals surface area contributed by atoms with Crippen LogP contribution >= 0.6 is 0 Å². The predicted octanol–water partition coefficient (Wildman–Crippen LogP) is 7.20. The van der Waals surface area contributed by atoms with Crippen LogP contribution in [-0.2, 0) is 14.3 Å². The molecule has 1 aromatic carbocycles. The van der Waals surface area contributed by atoms with Gasteiger partial charge in [-0.05, 0) is 0 Å². The van der Waals surface area contributed by atoms with E-state index in [0.717, 1.165) is 44.1 Å². The molecule has 0 aliphatic heterocycles. The minimum absolute atomic E-state index is 0.0708. The zero-order valence-corrected chi connectivity index (χ0v) is 21.2. The van der Waals surface area contributed by atoms with Crippen molar-refractivity contribution < 1.29 is 21.4 Å². The van der Waals surface area contributed by atoms with E-state index < -0.39 is 38.4 Å². The van der Waals surface area contributed by atoms with E-state index in [4.69, 9.17) is 4.18 Å². The molecule has 0 amide bonds. The van der Waals surface area contributed by atoms with Gasteiger partial charge >= 0.3 is 174 Å². The summed E-state index contributed by atoms with van der Waals surface area (Å²) in [4.78, 5) is -0.0708. The van der Waals surface area contributed by atoms with Crippen LogP contribution in [0.5, 0.6) is 0 Å². The normalized spacial score (nSPS) is 12.1. The van der Waals surface area contributed by atoms with Gasteiger partial charge in [0.25, 0.3) is 0 Å². The van der Waals surface area contributed by atoms with Gasteiger partial charge in [-0.25, -0.2) is 0 Å². The van der Waals surface area contributed by atoms with Gasteiger partial charge < -0.3 is 0 Å². The van der Waals surface area contributed by atoms with Gasteiger partial charge in [0, 0.05) is 0 Å². The Morgan fingerprint density at radius 3 is 1.68 bits per heavy atom. The number of aryl methyl sites for hydroxylation is 1. The van der Waals surface area contributed by atoms with Gasteiger partial charge in [-0.3, -0.25) is 0 Å². The maximum atomic E-state index is 14.1. The summed E-state index contributed by atoms with van der Waals surface area (Å²) in [6.45, 7) is 7.95. The van der Waals surface area contributed by atoms with Crippen molar-refractivity contribution in [2.45, 2.75) is 84.4 Å². The molecule has 0 N–H and O–H groups in total. The van der Waals surface area contributed by atoms with E-state index in [1.807, 2.05) is 27.7 Å². The Morgan fingerprint density at radius 1 is 0.893 bits per heavy atom. The Balaban J connectivity index is 3.36. The van der Waals surface area contributed by atoms with Crippen LogP contribution in [0.3, 0.4) is 0 Å². The van der Waals surface area contributed by atoms with Crippen molar-refractivity contribution in [3.8, 4) is 0 Å². The first-order valence-electron chi connectivity index (χ1n) is 10.3. The van der Waals surface area contributed by atoms with Crippen LogP contribution in [-0.4, -0.2) is 26.8 Å². The molecule has 0 aromatic heterocycles. The third-order valence-electron chi connectivity index (χ3n) is 5.18. The van der Waals surface area contributed by atoms with Crippen molar-refractivity contribution in [3.63, 3.8) is 0 Å². The monoisotopic (exact) mass is 524 g/mol. The van der Waals surface area contributed by atoms with Crippen LogP contribution in [0.1, 0.15) is 64.9 Å². The molecule has 0 fully saturated rings. The average Bonchev–Trinajstić information content (AvgIpc) is 2.66. The fourth-order valence-electron chi connectivity index (χ4n) is 3.44. The predicted molar refractivity (Wildman–Crippen MR) is 114 cm³/mol. The molecule has 0 saturated carbocycles. The topological polar surface area (TPSA) is 43.4 Å². The molecular weight excluding hydrogens is 489 g/mol. The van der Waals surface area contributed by atoms with Crippen LogP contribution < -0.4 is 0 Å². The number of hydrogen-bond donors (Lipinski definition) is 0. The summed E-state index contributed by atoms with van der Waals surface area (Å²) < 4.78 is 60.8. The molecule has 0 heterocycles. The van der Waals surface area contributed by atoms with E-state index in [1.165, 1.54) is 12.1 Å². The zero-order chi connectivity index (χ0) is 21.2. The van der Waals surface area contributed by atoms with E-state index >= 15 is 0 Å². The zero-order valence-electron chi connectivity index (χ0n) is 17.6. The van der Waals surface area contributed by atoms with Crippen LogP contribution in [0.4, 0.5) is 8.78 Å². The van der Waals surface area contributed by atoms with Crippen LogP contribution in [0.25, 0.3) is 0 Å². The molecule has 0 aliphatic carbocycles. The first-order chi connectivity index (χ1) is 13.2. The van der Waals surface area contributed by atoms with E-state index in [0.29, 0.717) is 13.3 Å². The molecular formula is C21H34F2O3SSn. The van der Waals surface area contributed by atoms with Crippen molar-refractivity contribution in [1.82, 2.24) is 0 Å². The number of rotatable bonds is 13. The van der Waals surface area contributed by atoms with E-state index in [-0.39, 0.29) is 4.90 Å². The van der Waals surface area contributed by atoms with Gasteiger partial charge in [0.2, 0.25) is 0 Å². The molecule has 0 aliphatic rings. The van der Waals surface area contributed by atoms with Crippen molar-refractivity contribution >= 4 is 28.5 Å². The van der Waals surface area contributed by atoms with Gasteiger partial charge in [-0.15, -0.1) is 0 Å². The molecule has 7 heteroatoms. The quantitative estimate of drug-likeness (QED) is 0.156. The number of unbranched alkanes of at least 4 members (excludes halogenated alkanes) is 3. The second-order valence-corrected chi connectivity index (χ2v) is 22.0. The van der Waals surface area contributed by atoms with Gasteiger partial charge in [0.05, 0.1) is 0 Å². The summed E-state index contributed by atoms with van der Waals surface area (Å²) in [6, 6.07) is 6.12. The van der Waals surface area contributed by atoms with E-state index in [2.05, 4.69) is 0 Å². The molecule has 0 bridgehead atoms. The summed E-state index contributed by atoms with van der Waals surface area (Å²) in [5.74, 6) is 0. The molecule has 1 aromatic rings. The van der Waals surface area contributed by atoms with Crippen molar-refractivity contribution in [3.05, 3.63) is 39.7 Å². The fraction of sp³-hybridized carbons (Fsp3) is 0.619. The van der Waals surface area contributed by atoms with Crippen LogP contribution in [0.15, 0.2) is 39.0 Å². The summed E-state index contributed by atoms with van der Waals surface area (Å²) in [7, 11) is -4.26. The van der Waals surface area contributed by atoms with Crippen molar-refractivity contribution in [1.29, 1.82) is 0 Å². The second-order valence-electron chi connectivity index (χ2n) is 7.53. The number of benzene rings is 1. The molecule has 0 saturated heterocycles. The number of halogens is 2. The SMILES string of the molecule is CCC[CH2][Sn]([CH2]CCC)([CH2]CCC)[C](OS(=O)(=O)c1ccc(C)cc1)=C(F)F. The Morgan fingerprint density at radius 2 is 1.32 bits per heavy atom. The third kappa shape index (κ3) is 7.32. The fourth-order valence-corrected chi connectivity index (χ4v) is 21.0. The summed E-state index contributed by atoms with van der Waals surface area (Å²) in [5, 5.41) is 0. The number of hydrogen-bond acceptors (Lipinski definition) is 3. The van der Waals surface area contributed by atoms with E-state index in [9.17, 15) is 17.2 Å². The Bertz CT molecular complexity index is 705. The van der Waals surface area contributed by atoms with Gasteiger partial charge in [0.1, 0.15) is 0 Å². The van der Waals surface area contributed by atoms with Crippen molar-refractivity contribution in [2.75, 3.05) is 0 Å². The molecule has 0 radical (unpaired) electrons. The van der Waals surface area contributed by atoms with Gasteiger partial charge in [-0.2, -0.15) is 0 Å².